The zero-order valence-corrected chi connectivity index (χ0v) is 13.7. The van der Waals surface area contributed by atoms with Crippen molar-refractivity contribution < 1.29 is 19.0 Å². The third kappa shape index (κ3) is 3.53. The van der Waals surface area contributed by atoms with Gasteiger partial charge in [-0.15, -0.1) is 0 Å². The number of urea groups is 1. The second kappa shape index (κ2) is 7.12. The lowest BCUT2D eigenvalue weighted by Crippen LogP contribution is -2.43. The third-order valence-electron chi connectivity index (χ3n) is 3.74. The van der Waals surface area contributed by atoms with Crippen molar-refractivity contribution in [1.82, 2.24) is 4.90 Å². The number of carbonyl (C=O) groups excluding carboxylic acids is 1. The molecule has 2 aromatic carbocycles. The number of carbonyl (C=O) groups is 1. The third-order valence-corrected chi connectivity index (χ3v) is 3.74. The highest BCUT2D eigenvalue weighted by Gasteiger charge is 2.24. The van der Waals surface area contributed by atoms with Crippen LogP contribution in [0.3, 0.4) is 0 Å². The Kier molecular flexibility index (Phi) is 4.74. The highest BCUT2D eigenvalue weighted by atomic mass is 16.6. The van der Waals surface area contributed by atoms with Crippen LogP contribution in [0.5, 0.6) is 17.2 Å². The average molecular weight is 328 g/mol. The van der Waals surface area contributed by atoms with Gasteiger partial charge in [0.1, 0.15) is 12.4 Å². The summed E-state index contributed by atoms with van der Waals surface area (Å²) in [6.45, 7) is 0.818. The van der Waals surface area contributed by atoms with Crippen LogP contribution in [0.4, 0.5) is 10.5 Å². The van der Waals surface area contributed by atoms with E-state index in [4.69, 9.17) is 14.2 Å². The number of benzene rings is 2. The van der Waals surface area contributed by atoms with E-state index in [0.717, 1.165) is 5.75 Å². The van der Waals surface area contributed by atoms with Crippen molar-refractivity contribution >= 4 is 11.7 Å². The van der Waals surface area contributed by atoms with Crippen LogP contribution in [0.25, 0.3) is 0 Å². The highest BCUT2D eigenvalue weighted by molar-refractivity contribution is 5.90. The first kappa shape index (κ1) is 16.0. The van der Waals surface area contributed by atoms with Gasteiger partial charge in [-0.25, -0.2) is 4.79 Å². The topological polar surface area (TPSA) is 60.0 Å². The molecule has 0 aromatic heterocycles. The lowest BCUT2D eigenvalue weighted by atomic mass is 10.2. The molecule has 0 fully saturated rings. The molecule has 1 N–H and O–H groups in total. The van der Waals surface area contributed by atoms with Gasteiger partial charge in [-0.2, -0.15) is 0 Å². The summed E-state index contributed by atoms with van der Waals surface area (Å²) >= 11 is 0. The van der Waals surface area contributed by atoms with Gasteiger partial charge in [0.2, 0.25) is 0 Å². The van der Waals surface area contributed by atoms with E-state index < -0.39 is 0 Å². The van der Waals surface area contributed by atoms with Crippen molar-refractivity contribution in [3.63, 3.8) is 0 Å². The molecule has 126 valence electrons. The van der Waals surface area contributed by atoms with E-state index in [0.29, 0.717) is 30.3 Å². The Labute approximate surface area is 140 Å². The summed E-state index contributed by atoms with van der Waals surface area (Å²) in [5.74, 6) is 2.05. The second-order valence-corrected chi connectivity index (χ2v) is 5.51. The van der Waals surface area contributed by atoms with Crippen molar-refractivity contribution in [3.05, 3.63) is 48.5 Å². The maximum Gasteiger partial charge on any atom is 0.321 e. The molecule has 0 bridgehead atoms. The van der Waals surface area contributed by atoms with Crippen molar-refractivity contribution in [2.75, 3.05) is 32.6 Å². The second-order valence-electron chi connectivity index (χ2n) is 5.51. The maximum absolute atomic E-state index is 12.4. The van der Waals surface area contributed by atoms with Crippen LogP contribution in [-0.4, -0.2) is 44.3 Å². The molecule has 1 atom stereocenters. The van der Waals surface area contributed by atoms with E-state index in [1.165, 1.54) is 0 Å². The van der Waals surface area contributed by atoms with Gasteiger partial charge in [0, 0.05) is 7.05 Å². The molecule has 2 aromatic rings. The molecule has 2 amide bonds. The number of nitrogens with one attached hydrogen (secondary N) is 1. The number of hydrogen-bond donors (Lipinski definition) is 1. The van der Waals surface area contributed by atoms with Crippen LogP contribution in [0.1, 0.15) is 0 Å². The Morgan fingerprint density at radius 3 is 2.71 bits per heavy atom. The van der Waals surface area contributed by atoms with Crippen LogP contribution in [0.15, 0.2) is 48.5 Å². The Morgan fingerprint density at radius 1 is 1.21 bits per heavy atom. The number of anilines is 1. The Bertz CT molecular complexity index is 720. The molecule has 0 saturated heterocycles. The SMILES string of the molecule is COc1ccccc1NC(=O)N(C)C[C@H]1COc2ccccc2O1. The van der Waals surface area contributed by atoms with Crippen LogP contribution >= 0.6 is 0 Å². The largest absolute Gasteiger partial charge is 0.495 e. The standard InChI is InChI=1S/C18H20N2O4/c1-20(18(21)19-14-7-3-4-8-15(14)22-2)11-13-12-23-16-9-5-6-10-17(16)24-13/h3-10,13H,11-12H2,1-2H3,(H,19,21)/t13-/m0/s1. The fraction of sp³-hybridized carbons (Fsp3) is 0.278. The van der Waals surface area contributed by atoms with Crippen molar-refractivity contribution in [3.8, 4) is 17.2 Å². The molecule has 6 nitrogen and oxygen atoms in total. The molecule has 0 spiro atoms. The fourth-order valence-corrected chi connectivity index (χ4v) is 2.50. The first-order valence-corrected chi connectivity index (χ1v) is 7.71. The van der Waals surface area contributed by atoms with Gasteiger partial charge in [-0.1, -0.05) is 24.3 Å². The van der Waals surface area contributed by atoms with Gasteiger partial charge in [-0.3, -0.25) is 0 Å². The number of amides is 2. The zero-order chi connectivity index (χ0) is 16.9. The molecule has 3 rings (SSSR count). The van der Waals surface area contributed by atoms with Crippen molar-refractivity contribution in [2.45, 2.75) is 6.10 Å². The normalized spacial score (nSPS) is 15.5. The minimum atomic E-state index is -0.234. The minimum absolute atomic E-state index is 0.215. The predicted octanol–water partition coefficient (Wildman–Crippen LogP) is 3.00. The summed E-state index contributed by atoms with van der Waals surface area (Å²) in [4.78, 5) is 13.9. The number of likely N-dealkylation sites (N-methyl/N-ethyl adjacent to an activating group) is 1. The molecule has 0 saturated carbocycles. The quantitative estimate of drug-likeness (QED) is 0.937. The molecule has 0 unspecified atom stereocenters. The number of ether oxygens (including phenoxy) is 3. The van der Waals surface area contributed by atoms with E-state index in [2.05, 4.69) is 5.32 Å². The molecule has 24 heavy (non-hydrogen) atoms. The van der Waals surface area contributed by atoms with E-state index in [-0.39, 0.29) is 12.1 Å². The number of para-hydroxylation sites is 4. The summed E-state index contributed by atoms with van der Waals surface area (Å²) < 4.78 is 16.8. The molecule has 0 radical (unpaired) electrons. The van der Waals surface area contributed by atoms with Gasteiger partial charge < -0.3 is 24.4 Å². The smallest absolute Gasteiger partial charge is 0.321 e. The van der Waals surface area contributed by atoms with Crippen LogP contribution in [0, 0.1) is 0 Å². The van der Waals surface area contributed by atoms with E-state index in [1.54, 1.807) is 31.2 Å². The fourth-order valence-electron chi connectivity index (χ4n) is 2.50. The Morgan fingerprint density at radius 2 is 1.92 bits per heavy atom. The van der Waals surface area contributed by atoms with Crippen LogP contribution in [0.2, 0.25) is 0 Å². The zero-order valence-electron chi connectivity index (χ0n) is 13.7. The monoisotopic (exact) mass is 328 g/mol. The van der Waals surface area contributed by atoms with E-state index in [9.17, 15) is 4.79 Å². The van der Waals surface area contributed by atoms with Gasteiger partial charge >= 0.3 is 6.03 Å². The van der Waals surface area contributed by atoms with Gasteiger partial charge in [0.15, 0.2) is 17.6 Å². The first-order valence-electron chi connectivity index (χ1n) is 7.71. The van der Waals surface area contributed by atoms with E-state index in [1.807, 2.05) is 36.4 Å². The molecule has 1 aliphatic rings. The number of methoxy groups -OCH3 is 1. The summed E-state index contributed by atoms with van der Waals surface area (Å²) in [5.41, 5.74) is 0.628. The summed E-state index contributed by atoms with van der Waals surface area (Å²) in [7, 11) is 3.29. The number of hydrogen-bond acceptors (Lipinski definition) is 4. The minimum Gasteiger partial charge on any atom is -0.495 e. The predicted molar refractivity (Wildman–Crippen MR) is 91.0 cm³/mol. The molecular weight excluding hydrogens is 308 g/mol. The van der Waals surface area contributed by atoms with Crippen LogP contribution < -0.4 is 19.5 Å². The molecule has 0 aliphatic carbocycles. The van der Waals surface area contributed by atoms with Gasteiger partial charge in [-0.05, 0) is 24.3 Å². The highest BCUT2D eigenvalue weighted by Crippen LogP contribution is 2.31. The summed E-state index contributed by atoms with van der Waals surface area (Å²) in [6, 6.07) is 14.6. The van der Waals surface area contributed by atoms with Gasteiger partial charge in [0.05, 0.1) is 19.3 Å². The first-order chi connectivity index (χ1) is 11.7. The Hall–Kier alpha value is -2.89. The lowest BCUT2D eigenvalue weighted by Gasteiger charge is -2.29. The van der Waals surface area contributed by atoms with E-state index >= 15 is 0 Å². The maximum atomic E-state index is 12.4. The number of rotatable bonds is 4. The summed E-state index contributed by atoms with van der Waals surface area (Å²) in [6.07, 6.45) is -0.215. The number of fused-ring (bicyclic) bond motifs is 1. The Balaban J connectivity index is 1.59. The lowest BCUT2D eigenvalue weighted by molar-refractivity contribution is 0.0731. The summed E-state index contributed by atoms with van der Waals surface area (Å²) in [5, 5.41) is 2.84. The van der Waals surface area contributed by atoms with Gasteiger partial charge in [0.25, 0.3) is 0 Å². The molecule has 1 aliphatic heterocycles. The molecule has 6 heteroatoms. The molecule has 1 heterocycles. The molecular formula is C18H20N2O4. The number of nitrogens with zero attached hydrogens (tertiary/aromatic N) is 1. The van der Waals surface area contributed by atoms with Crippen molar-refractivity contribution in [1.29, 1.82) is 0 Å². The van der Waals surface area contributed by atoms with Crippen LogP contribution in [-0.2, 0) is 0 Å². The van der Waals surface area contributed by atoms with Crippen molar-refractivity contribution in [2.24, 2.45) is 0 Å². The average Bonchev–Trinajstić information content (AvgIpc) is 2.62.